The molecule has 3 aromatic rings. The summed E-state index contributed by atoms with van der Waals surface area (Å²) in [7, 11) is -1.98. The number of nitrogens with one attached hydrogen (secondary N) is 1. The van der Waals surface area contributed by atoms with Crippen LogP contribution in [0, 0.1) is 29.8 Å². The molecule has 42 heavy (non-hydrogen) atoms. The van der Waals surface area contributed by atoms with E-state index in [4.69, 9.17) is 9.16 Å². The Hall–Kier alpha value is -3.44. The molecule has 2 aliphatic rings. The third kappa shape index (κ3) is 5.76. The molecule has 0 spiro atoms. The van der Waals surface area contributed by atoms with E-state index in [2.05, 4.69) is 67.4 Å². The number of nitrogens with zero attached hydrogens (tertiary/aromatic N) is 3. The standard InChI is InChI=1S/C31H36F3N4O3Si/c1-18-17-38(14-12-25(18)41-42(5,6)31(2,3)4)28-19-13-15-40-30(19)35-16-24(28)37-29(39)23-11-10-22(34)27(36-23)26-20(32)8-7-9-21(26)33/h7-12,16,18,25H,13-15,17H2,1-6H3,(H,37,39)/t18-,25+/m0/s1. The minimum Gasteiger partial charge on any atom is -0.477 e. The van der Waals surface area contributed by atoms with E-state index < -0.39 is 42.9 Å². The highest BCUT2D eigenvalue weighted by Crippen LogP contribution is 2.42. The number of carbonyl (C=O) groups excluding carboxylic acids is 1. The lowest BCUT2D eigenvalue weighted by Crippen LogP contribution is -2.51. The summed E-state index contributed by atoms with van der Waals surface area (Å²) in [5.74, 6) is -2.86. The van der Waals surface area contributed by atoms with E-state index in [1.165, 1.54) is 18.3 Å². The number of rotatable bonds is 6. The van der Waals surface area contributed by atoms with Crippen LogP contribution in [0.15, 0.2) is 36.5 Å². The van der Waals surface area contributed by atoms with Gasteiger partial charge in [-0.15, -0.1) is 0 Å². The number of halogens is 3. The normalized spacial score (nSPS) is 18.9. The Morgan fingerprint density at radius 3 is 2.50 bits per heavy atom. The Morgan fingerprint density at radius 1 is 1.12 bits per heavy atom. The number of hydrogen-bond acceptors (Lipinski definition) is 6. The number of ether oxygens (including phenoxy) is 1. The SMILES string of the molecule is C[C@H]1CN(c2c(NC(=O)c3ccc(F)c(-c4c(F)cccc4F)n3)cnc3c2CCO3)C[CH][C@H]1O[Si](C)(C)C(C)(C)C. The largest absolute Gasteiger partial charge is 0.477 e. The van der Waals surface area contributed by atoms with Crippen LogP contribution >= 0.6 is 0 Å². The number of fused-ring (bicyclic) bond motifs is 1. The van der Waals surface area contributed by atoms with E-state index >= 15 is 0 Å². The van der Waals surface area contributed by atoms with Gasteiger partial charge in [-0.2, -0.15) is 0 Å². The Morgan fingerprint density at radius 2 is 1.83 bits per heavy atom. The molecule has 1 fully saturated rings. The van der Waals surface area contributed by atoms with Gasteiger partial charge in [0.2, 0.25) is 5.88 Å². The van der Waals surface area contributed by atoms with Gasteiger partial charge in [-0.25, -0.2) is 23.1 Å². The number of pyridine rings is 2. The van der Waals surface area contributed by atoms with Gasteiger partial charge in [0.25, 0.3) is 5.91 Å². The fourth-order valence-electron chi connectivity index (χ4n) is 5.09. The van der Waals surface area contributed by atoms with E-state index in [1.807, 2.05) is 0 Å². The second-order valence-electron chi connectivity index (χ2n) is 12.4. The number of anilines is 2. The summed E-state index contributed by atoms with van der Waals surface area (Å²) in [6.07, 6.45) is 4.34. The monoisotopic (exact) mass is 597 g/mol. The van der Waals surface area contributed by atoms with E-state index in [0.29, 0.717) is 37.7 Å². The van der Waals surface area contributed by atoms with Crippen molar-refractivity contribution >= 4 is 25.6 Å². The van der Waals surface area contributed by atoms with Crippen molar-refractivity contribution in [2.24, 2.45) is 5.92 Å². The minimum absolute atomic E-state index is 0.00642. The fourth-order valence-corrected chi connectivity index (χ4v) is 6.45. The lowest BCUT2D eigenvalue weighted by Gasteiger charge is -2.45. The Balaban J connectivity index is 1.42. The highest BCUT2D eigenvalue weighted by molar-refractivity contribution is 6.74. The van der Waals surface area contributed by atoms with Gasteiger partial charge in [-0.3, -0.25) is 4.79 Å². The van der Waals surface area contributed by atoms with Gasteiger partial charge >= 0.3 is 0 Å². The van der Waals surface area contributed by atoms with Crippen LogP contribution in [0.4, 0.5) is 24.5 Å². The van der Waals surface area contributed by atoms with Crippen LogP contribution < -0.4 is 15.0 Å². The summed E-state index contributed by atoms with van der Waals surface area (Å²) >= 11 is 0. The summed E-state index contributed by atoms with van der Waals surface area (Å²) in [5.41, 5.74) is 0.720. The molecule has 2 aliphatic heterocycles. The third-order valence-corrected chi connectivity index (χ3v) is 12.9. The maximum Gasteiger partial charge on any atom is 0.274 e. The fraction of sp³-hybridized carbons (Fsp3) is 0.419. The van der Waals surface area contributed by atoms with E-state index in [1.54, 1.807) is 0 Å². The lowest BCUT2D eigenvalue weighted by atomic mass is 9.95. The summed E-state index contributed by atoms with van der Waals surface area (Å²) < 4.78 is 55.9. The number of hydrogen-bond donors (Lipinski definition) is 1. The van der Waals surface area contributed by atoms with Gasteiger partial charge in [-0.05, 0) is 48.3 Å². The van der Waals surface area contributed by atoms with Gasteiger partial charge in [0, 0.05) is 31.5 Å². The van der Waals surface area contributed by atoms with Crippen molar-refractivity contribution in [2.45, 2.75) is 58.4 Å². The van der Waals surface area contributed by atoms with Crippen molar-refractivity contribution in [3.63, 3.8) is 0 Å². The predicted molar refractivity (Wildman–Crippen MR) is 159 cm³/mol. The Labute approximate surface area is 245 Å². The molecular weight excluding hydrogens is 561 g/mol. The molecule has 1 saturated heterocycles. The summed E-state index contributed by atoms with van der Waals surface area (Å²) in [6, 6.07) is 5.35. The molecule has 0 unspecified atom stereocenters. The number of piperidine rings is 1. The zero-order valence-electron chi connectivity index (χ0n) is 24.7. The predicted octanol–water partition coefficient (Wildman–Crippen LogP) is 6.80. The summed E-state index contributed by atoms with van der Waals surface area (Å²) in [6.45, 7) is 15.1. The van der Waals surface area contributed by atoms with Crippen molar-refractivity contribution in [1.82, 2.24) is 9.97 Å². The molecule has 1 aromatic carbocycles. The molecular formula is C31H36F3N4O3Si. The zero-order valence-corrected chi connectivity index (χ0v) is 25.7. The average Bonchev–Trinajstić information content (AvgIpc) is 3.39. The van der Waals surface area contributed by atoms with E-state index in [0.717, 1.165) is 29.4 Å². The zero-order chi connectivity index (χ0) is 30.4. The lowest BCUT2D eigenvalue weighted by molar-refractivity contribution is 0.102. The molecule has 2 atom stereocenters. The van der Waals surface area contributed by atoms with Crippen LogP contribution in [0.3, 0.4) is 0 Å². The molecule has 11 heteroatoms. The second kappa shape index (κ2) is 11.3. The molecule has 0 bridgehead atoms. The molecule has 5 rings (SSSR count). The highest BCUT2D eigenvalue weighted by Gasteiger charge is 2.42. The maximum absolute atomic E-state index is 14.6. The topological polar surface area (TPSA) is 76.6 Å². The molecule has 223 valence electrons. The van der Waals surface area contributed by atoms with Crippen molar-refractivity contribution < 1.29 is 27.1 Å². The molecule has 4 heterocycles. The van der Waals surface area contributed by atoms with Gasteiger partial charge in [0.15, 0.2) is 8.32 Å². The Kier molecular flexibility index (Phi) is 8.10. The first-order chi connectivity index (χ1) is 19.8. The van der Waals surface area contributed by atoms with Crippen molar-refractivity contribution in [2.75, 3.05) is 29.9 Å². The van der Waals surface area contributed by atoms with Crippen molar-refractivity contribution in [3.05, 3.63) is 71.7 Å². The van der Waals surface area contributed by atoms with Gasteiger partial charge in [0.05, 0.1) is 35.8 Å². The summed E-state index contributed by atoms with van der Waals surface area (Å²) in [5, 5.41) is 2.94. The number of amides is 1. The molecule has 1 radical (unpaired) electrons. The highest BCUT2D eigenvalue weighted by atomic mass is 28.4. The second-order valence-corrected chi connectivity index (χ2v) is 17.2. The van der Waals surface area contributed by atoms with Crippen LogP contribution in [0.1, 0.15) is 43.7 Å². The number of carbonyl (C=O) groups is 1. The molecule has 1 N–H and O–H groups in total. The first kappa shape index (κ1) is 30.0. The van der Waals surface area contributed by atoms with Crippen molar-refractivity contribution in [1.29, 1.82) is 0 Å². The molecule has 7 nitrogen and oxygen atoms in total. The molecule has 1 amide bonds. The minimum atomic E-state index is -1.98. The van der Waals surface area contributed by atoms with Crippen molar-refractivity contribution in [3.8, 4) is 17.1 Å². The molecule has 0 aliphatic carbocycles. The first-order valence-corrected chi connectivity index (χ1v) is 17.0. The van der Waals surface area contributed by atoms with E-state index in [9.17, 15) is 18.0 Å². The quantitative estimate of drug-likeness (QED) is 0.315. The first-order valence-electron chi connectivity index (χ1n) is 14.1. The number of benzene rings is 1. The maximum atomic E-state index is 14.6. The summed E-state index contributed by atoms with van der Waals surface area (Å²) in [4.78, 5) is 24.0. The third-order valence-electron chi connectivity index (χ3n) is 8.41. The van der Waals surface area contributed by atoms with Crippen LogP contribution in [0.2, 0.25) is 18.1 Å². The Bertz CT molecular complexity index is 1490. The van der Waals surface area contributed by atoms with Crippen LogP contribution in [-0.2, 0) is 10.8 Å². The van der Waals surface area contributed by atoms with E-state index in [-0.39, 0.29) is 22.8 Å². The van der Waals surface area contributed by atoms with Crippen LogP contribution in [0.25, 0.3) is 11.3 Å². The average molecular weight is 598 g/mol. The number of aromatic nitrogens is 2. The van der Waals surface area contributed by atoms with Crippen LogP contribution in [0.5, 0.6) is 5.88 Å². The van der Waals surface area contributed by atoms with Gasteiger partial charge in [-0.1, -0.05) is 33.8 Å². The van der Waals surface area contributed by atoms with Crippen LogP contribution in [-0.4, -0.2) is 50.0 Å². The molecule has 0 saturated carbocycles. The molecule has 2 aromatic heterocycles. The van der Waals surface area contributed by atoms with Gasteiger partial charge in [0.1, 0.15) is 28.8 Å². The van der Waals surface area contributed by atoms with Gasteiger partial charge < -0.3 is 19.4 Å². The smallest absolute Gasteiger partial charge is 0.274 e.